The van der Waals surface area contributed by atoms with E-state index in [1.54, 1.807) is 49.8 Å². The first-order valence-electron chi connectivity index (χ1n) is 12.4. The molecule has 1 amide bonds. The lowest BCUT2D eigenvalue weighted by Gasteiger charge is -2.10. The van der Waals surface area contributed by atoms with Crippen molar-refractivity contribution in [1.29, 1.82) is 0 Å². The number of alkyl halides is 2. The predicted molar refractivity (Wildman–Crippen MR) is 144 cm³/mol. The van der Waals surface area contributed by atoms with Gasteiger partial charge in [0.1, 0.15) is 5.65 Å². The van der Waals surface area contributed by atoms with Crippen LogP contribution < -0.4 is 5.32 Å². The molecule has 6 rings (SSSR count). The van der Waals surface area contributed by atoms with Gasteiger partial charge in [-0.15, -0.1) is 0 Å². The Kier molecular flexibility index (Phi) is 6.51. The van der Waals surface area contributed by atoms with Gasteiger partial charge in [-0.1, -0.05) is 6.07 Å². The normalized spacial score (nSPS) is 14.8. The molecule has 0 saturated carbocycles. The number of amides is 1. The summed E-state index contributed by atoms with van der Waals surface area (Å²) >= 11 is 0. The molecule has 204 valence electrons. The SMILES string of the molecule is Cn1c(C(F)F)cc2c(-c3ccc4cnc(CNC(=O)c5ccc6c(c5)S(=O)(=O)CCOC6)cc4n3)ccnc21. The molecular weight excluding hydrogens is 540 g/mol. The van der Waals surface area contributed by atoms with E-state index < -0.39 is 22.2 Å². The molecule has 0 bridgehead atoms. The number of ether oxygens (including phenoxy) is 1. The number of carbonyl (C=O) groups is 1. The fourth-order valence-electron chi connectivity index (χ4n) is 4.81. The van der Waals surface area contributed by atoms with Gasteiger partial charge in [0.2, 0.25) is 0 Å². The van der Waals surface area contributed by atoms with Crippen LogP contribution in [0.25, 0.3) is 33.2 Å². The Morgan fingerprint density at radius 2 is 1.98 bits per heavy atom. The first-order chi connectivity index (χ1) is 19.2. The van der Waals surface area contributed by atoms with Crippen LogP contribution in [-0.4, -0.2) is 46.2 Å². The van der Waals surface area contributed by atoms with E-state index in [-0.39, 0.29) is 41.7 Å². The fourth-order valence-corrected chi connectivity index (χ4v) is 6.20. The third-order valence-corrected chi connectivity index (χ3v) is 8.70. The summed E-state index contributed by atoms with van der Waals surface area (Å²) in [6, 6.07) is 13.1. The molecule has 9 nitrogen and oxygen atoms in total. The number of hydrogen-bond acceptors (Lipinski definition) is 7. The van der Waals surface area contributed by atoms with Crippen molar-refractivity contribution >= 4 is 37.7 Å². The molecule has 1 aliphatic rings. The zero-order valence-corrected chi connectivity index (χ0v) is 22.1. The van der Waals surface area contributed by atoms with E-state index in [0.717, 1.165) is 5.39 Å². The molecule has 1 aliphatic heterocycles. The van der Waals surface area contributed by atoms with Crippen molar-refractivity contribution in [1.82, 2.24) is 24.8 Å². The van der Waals surface area contributed by atoms with Gasteiger partial charge in [0.25, 0.3) is 12.3 Å². The van der Waals surface area contributed by atoms with Crippen molar-refractivity contribution in [3.63, 3.8) is 0 Å². The van der Waals surface area contributed by atoms with Crippen LogP contribution in [0.1, 0.15) is 33.7 Å². The summed E-state index contributed by atoms with van der Waals surface area (Å²) in [5.41, 5.74) is 3.47. The number of nitrogens with zero attached hydrogens (tertiary/aromatic N) is 4. The van der Waals surface area contributed by atoms with Crippen molar-refractivity contribution < 1.29 is 26.7 Å². The fraction of sp³-hybridized carbons (Fsp3) is 0.214. The Balaban J connectivity index is 1.26. The number of rotatable bonds is 5. The highest BCUT2D eigenvalue weighted by atomic mass is 32.2. The van der Waals surface area contributed by atoms with Gasteiger partial charge >= 0.3 is 0 Å². The maximum atomic E-state index is 13.5. The van der Waals surface area contributed by atoms with E-state index in [4.69, 9.17) is 9.72 Å². The lowest BCUT2D eigenvalue weighted by Crippen LogP contribution is -2.23. The maximum absolute atomic E-state index is 13.5. The number of sulfone groups is 1. The maximum Gasteiger partial charge on any atom is 0.278 e. The van der Waals surface area contributed by atoms with Gasteiger partial charge in [-0.25, -0.2) is 27.2 Å². The second kappa shape index (κ2) is 10.0. The van der Waals surface area contributed by atoms with Crippen LogP contribution >= 0.6 is 0 Å². The number of fused-ring (bicyclic) bond motifs is 3. The monoisotopic (exact) mass is 563 g/mol. The molecule has 0 radical (unpaired) electrons. The third kappa shape index (κ3) is 4.69. The second-order valence-corrected chi connectivity index (χ2v) is 11.5. The predicted octanol–water partition coefficient (Wildman–Crippen LogP) is 4.36. The van der Waals surface area contributed by atoms with Crippen LogP contribution in [0.3, 0.4) is 0 Å². The molecule has 1 aromatic carbocycles. The molecule has 0 spiro atoms. The van der Waals surface area contributed by atoms with Crippen molar-refractivity contribution in [2.75, 3.05) is 12.4 Å². The molecule has 5 heterocycles. The van der Waals surface area contributed by atoms with Gasteiger partial charge in [0.15, 0.2) is 9.84 Å². The summed E-state index contributed by atoms with van der Waals surface area (Å²) in [4.78, 5) is 26.4. The number of carbonyl (C=O) groups excluding carboxylic acids is 1. The highest BCUT2D eigenvalue weighted by molar-refractivity contribution is 7.91. The van der Waals surface area contributed by atoms with Crippen molar-refractivity contribution in [3.05, 3.63) is 83.4 Å². The van der Waals surface area contributed by atoms with Gasteiger partial charge in [-0.2, -0.15) is 0 Å². The van der Waals surface area contributed by atoms with Crippen LogP contribution in [0, 0.1) is 0 Å². The molecule has 0 unspecified atom stereocenters. The summed E-state index contributed by atoms with van der Waals surface area (Å²) in [6.45, 7) is 0.370. The van der Waals surface area contributed by atoms with E-state index >= 15 is 0 Å². The van der Waals surface area contributed by atoms with Crippen molar-refractivity contribution in [2.24, 2.45) is 7.05 Å². The standard InChI is InChI=1S/C28H23F2N5O4S/c1-35-24(26(29)30)12-21-20(6-7-31-27(21)35)22-5-4-17-13-32-19(11-23(17)34-22)14-33-28(36)16-2-3-18-15-39-8-9-40(37,38)25(18)10-16/h2-7,10-13,26H,8-9,14-15H2,1H3,(H,33,36). The summed E-state index contributed by atoms with van der Waals surface area (Å²) in [6.07, 6.45) is 0.569. The molecule has 4 aromatic heterocycles. The number of pyridine rings is 3. The summed E-state index contributed by atoms with van der Waals surface area (Å²) in [5.74, 6) is -0.575. The minimum Gasteiger partial charge on any atom is -0.376 e. The number of aromatic nitrogens is 4. The average Bonchev–Trinajstić information content (AvgIpc) is 3.22. The third-order valence-electron chi connectivity index (χ3n) is 6.94. The average molecular weight is 564 g/mol. The quantitative estimate of drug-likeness (QED) is 0.338. The number of benzene rings is 1. The van der Waals surface area contributed by atoms with Crippen LogP contribution in [0.15, 0.2) is 65.8 Å². The Morgan fingerprint density at radius 1 is 1.12 bits per heavy atom. The Hall–Kier alpha value is -4.29. The summed E-state index contributed by atoms with van der Waals surface area (Å²) in [5, 5.41) is 4.12. The zero-order valence-electron chi connectivity index (χ0n) is 21.3. The van der Waals surface area contributed by atoms with Gasteiger partial charge in [-0.05, 0) is 48.0 Å². The van der Waals surface area contributed by atoms with Gasteiger partial charge < -0.3 is 14.6 Å². The van der Waals surface area contributed by atoms with E-state index in [9.17, 15) is 22.0 Å². The summed E-state index contributed by atoms with van der Waals surface area (Å²) < 4.78 is 58.8. The van der Waals surface area contributed by atoms with E-state index in [2.05, 4.69) is 15.3 Å². The van der Waals surface area contributed by atoms with Crippen molar-refractivity contribution in [3.8, 4) is 11.3 Å². The zero-order chi connectivity index (χ0) is 28.0. The first-order valence-corrected chi connectivity index (χ1v) is 14.1. The molecule has 5 aromatic rings. The lowest BCUT2D eigenvalue weighted by atomic mass is 10.1. The molecule has 0 fully saturated rings. The molecule has 0 atom stereocenters. The summed E-state index contributed by atoms with van der Waals surface area (Å²) in [7, 11) is -1.99. The van der Waals surface area contributed by atoms with Gasteiger partial charge in [-0.3, -0.25) is 9.78 Å². The topological polar surface area (TPSA) is 116 Å². The molecule has 0 aliphatic carbocycles. The van der Waals surface area contributed by atoms with Crippen molar-refractivity contribution in [2.45, 2.75) is 24.5 Å². The van der Waals surface area contributed by atoms with Gasteiger partial charge in [0, 0.05) is 41.3 Å². The second-order valence-electron chi connectivity index (χ2n) is 9.47. The van der Waals surface area contributed by atoms with Crippen LogP contribution in [0.2, 0.25) is 0 Å². The highest BCUT2D eigenvalue weighted by Gasteiger charge is 2.24. The number of aryl methyl sites for hydroxylation is 1. The lowest BCUT2D eigenvalue weighted by molar-refractivity contribution is 0.0950. The minimum atomic E-state index is -3.54. The number of nitrogens with one attached hydrogen (secondary N) is 1. The Morgan fingerprint density at radius 3 is 2.80 bits per heavy atom. The number of hydrogen-bond donors (Lipinski definition) is 1. The molecule has 0 saturated heterocycles. The Bertz CT molecular complexity index is 1910. The van der Waals surface area contributed by atoms with E-state index in [1.807, 2.05) is 6.07 Å². The van der Waals surface area contributed by atoms with E-state index in [0.29, 0.717) is 39.1 Å². The molecule has 1 N–H and O–H groups in total. The van der Waals surface area contributed by atoms with Crippen LogP contribution in [0.5, 0.6) is 0 Å². The van der Waals surface area contributed by atoms with Crippen LogP contribution in [-0.2, 0) is 34.8 Å². The minimum absolute atomic E-state index is 0.0869. The molecule has 40 heavy (non-hydrogen) atoms. The first kappa shape index (κ1) is 26.0. The molecular formula is C28H23F2N5O4S. The number of halogens is 2. The Labute approximate surface area is 227 Å². The smallest absolute Gasteiger partial charge is 0.278 e. The highest BCUT2D eigenvalue weighted by Crippen LogP contribution is 2.32. The van der Waals surface area contributed by atoms with Crippen LogP contribution in [0.4, 0.5) is 8.78 Å². The largest absolute Gasteiger partial charge is 0.376 e. The van der Waals surface area contributed by atoms with Gasteiger partial charge in [0.05, 0.1) is 53.0 Å². The van der Waals surface area contributed by atoms with E-state index in [1.165, 1.54) is 16.7 Å². The molecule has 12 heteroatoms.